The summed E-state index contributed by atoms with van der Waals surface area (Å²) in [4.78, 5) is 38.1. The Morgan fingerprint density at radius 2 is 0.557 bits per heavy atom. The van der Waals surface area contributed by atoms with Crippen LogP contribution in [0.3, 0.4) is 0 Å². The summed E-state index contributed by atoms with van der Waals surface area (Å²) >= 11 is 0. The van der Waals surface area contributed by atoms with Gasteiger partial charge >= 0.3 is 17.9 Å². The highest BCUT2D eigenvalue weighted by Gasteiger charge is 2.19. The number of unbranched alkanes of at least 4 members (excludes halogenated alkanes) is 22. The summed E-state index contributed by atoms with van der Waals surface area (Å²) in [7, 11) is 0. The summed E-state index contributed by atoms with van der Waals surface area (Å²) in [5.41, 5.74) is 0. The molecule has 0 rings (SSSR count). The van der Waals surface area contributed by atoms with Crippen LogP contribution in [0.4, 0.5) is 0 Å². The van der Waals surface area contributed by atoms with Crippen molar-refractivity contribution in [3.63, 3.8) is 0 Å². The topological polar surface area (TPSA) is 78.9 Å². The molecule has 0 fully saturated rings. The van der Waals surface area contributed by atoms with Crippen LogP contribution in [0.15, 0.2) is 109 Å². The van der Waals surface area contributed by atoms with E-state index in [0.717, 1.165) is 148 Å². The summed E-state index contributed by atoms with van der Waals surface area (Å²) in [6, 6.07) is 0. The van der Waals surface area contributed by atoms with Gasteiger partial charge in [0.2, 0.25) is 0 Å². The summed E-state index contributed by atoms with van der Waals surface area (Å²) in [5.74, 6) is -0.932. The molecule has 0 heterocycles. The lowest BCUT2D eigenvalue weighted by Crippen LogP contribution is -2.30. The van der Waals surface area contributed by atoms with Crippen molar-refractivity contribution >= 4 is 17.9 Å². The van der Waals surface area contributed by atoms with E-state index in [1.165, 1.54) is 70.6 Å². The van der Waals surface area contributed by atoms with E-state index in [-0.39, 0.29) is 31.1 Å². The van der Waals surface area contributed by atoms with Gasteiger partial charge in [-0.3, -0.25) is 14.4 Å². The minimum atomic E-state index is -0.797. The summed E-state index contributed by atoms with van der Waals surface area (Å²) in [6.07, 6.45) is 77.9. The number of carbonyl (C=O) groups excluding carboxylic acids is 3. The molecule has 1 unspecified atom stereocenters. The Hall–Kier alpha value is -3.93. The third-order valence-corrected chi connectivity index (χ3v) is 12.0. The number of hydrogen-bond acceptors (Lipinski definition) is 6. The summed E-state index contributed by atoms with van der Waals surface area (Å²) in [5, 5.41) is 0. The fourth-order valence-corrected chi connectivity index (χ4v) is 7.65. The standard InChI is InChI=1S/C64H106O6/c1-4-7-10-13-16-19-22-25-27-28-29-30-31-32-33-34-35-36-38-39-42-45-48-51-54-57-63(66)69-60-61(59-68-62(65)56-53-50-47-44-41-24-21-18-15-12-9-6-3)70-64(67)58-55-52-49-46-43-40-37-26-23-20-17-14-11-8-5-2/h7,10,16-21,25-27,29-30,32-33,35-37,61H,4-6,8-9,11-15,22-24,28,31,34,38-60H2,1-3H3/b10-7-,19-16-,20-17-,21-18-,27-25-,30-29-,33-32-,36-35-,37-26-. The van der Waals surface area contributed by atoms with E-state index in [2.05, 4.69) is 130 Å². The normalized spacial score (nSPS) is 12.9. The zero-order chi connectivity index (χ0) is 50.7. The molecular formula is C64H106O6. The maximum absolute atomic E-state index is 12.8. The second-order valence-electron chi connectivity index (χ2n) is 18.8. The Morgan fingerprint density at radius 3 is 0.886 bits per heavy atom. The lowest BCUT2D eigenvalue weighted by Gasteiger charge is -2.18. The maximum atomic E-state index is 12.8. The van der Waals surface area contributed by atoms with E-state index >= 15 is 0 Å². The van der Waals surface area contributed by atoms with Gasteiger partial charge in [0, 0.05) is 19.3 Å². The lowest BCUT2D eigenvalue weighted by molar-refractivity contribution is -0.167. The first-order chi connectivity index (χ1) is 34.5. The average molecular weight is 972 g/mol. The van der Waals surface area contributed by atoms with Crippen molar-refractivity contribution in [2.24, 2.45) is 0 Å². The highest BCUT2D eigenvalue weighted by atomic mass is 16.6. The molecule has 0 aromatic heterocycles. The first-order valence-electron chi connectivity index (χ1n) is 28.9. The molecule has 0 saturated carbocycles. The van der Waals surface area contributed by atoms with Crippen LogP contribution < -0.4 is 0 Å². The smallest absolute Gasteiger partial charge is 0.306 e. The fourth-order valence-electron chi connectivity index (χ4n) is 7.65. The Balaban J connectivity index is 4.38. The van der Waals surface area contributed by atoms with Gasteiger partial charge in [-0.05, 0) is 128 Å². The zero-order valence-electron chi connectivity index (χ0n) is 45.5. The second kappa shape index (κ2) is 57.6. The van der Waals surface area contributed by atoms with Crippen LogP contribution in [0.5, 0.6) is 0 Å². The summed E-state index contributed by atoms with van der Waals surface area (Å²) in [6.45, 7) is 6.44. The van der Waals surface area contributed by atoms with Gasteiger partial charge in [0.05, 0.1) is 0 Å². The molecule has 0 aliphatic rings. The fraction of sp³-hybridized carbons (Fsp3) is 0.672. The van der Waals surface area contributed by atoms with Crippen LogP contribution in [0, 0.1) is 0 Å². The molecule has 0 radical (unpaired) electrons. The molecule has 0 bridgehead atoms. The largest absolute Gasteiger partial charge is 0.462 e. The van der Waals surface area contributed by atoms with Gasteiger partial charge in [0.15, 0.2) is 6.10 Å². The zero-order valence-corrected chi connectivity index (χ0v) is 45.5. The Morgan fingerprint density at radius 1 is 0.300 bits per heavy atom. The first-order valence-corrected chi connectivity index (χ1v) is 28.9. The lowest BCUT2D eigenvalue weighted by atomic mass is 10.1. The number of esters is 3. The number of ether oxygens (including phenoxy) is 3. The van der Waals surface area contributed by atoms with E-state index in [9.17, 15) is 14.4 Å². The predicted molar refractivity (Wildman–Crippen MR) is 302 cm³/mol. The Labute approximate surface area is 431 Å². The van der Waals surface area contributed by atoms with Crippen LogP contribution in [0.2, 0.25) is 0 Å². The summed E-state index contributed by atoms with van der Waals surface area (Å²) < 4.78 is 16.8. The molecule has 0 aliphatic heterocycles. The van der Waals surface area contributed by atoms with Gasteiger partial charge in [0.25, 0.3) is 0 Å². The second-order valence-corrected chi connectivity index (χ2v) is 18.8. The number of carbonyl (C=O) groups is 3. The van der Waals surface area contributed by atoms with Gasteiger partial charge in [-0.15, -0.1) is 0 Å². The third kappa shape index (κ3) is 55.0. The molecule has 0 amide bonds. The number of hydrogen-bond donors (Lipinski definition) is 0. The minimum Gasteiger partial charge on any atom is -0.462 e. The third-order valence-electron chi connectivity index (χ3n) is 12.0. The van der Waals surface area contributed by atoms with E-state index in [4.69, 9.17) is 14.2 Å². The maximum Gasteiger partial charge on any atom is 0.306 e. The molecule has 0 aromatic rings. The molecule has 70 heavy (non-hydrogen) atoms. The van der Waals surface area contributed by atoms with Gasteiger partial charge in [-0.1, -0.05) is 220 Å². The molecule has 1 atom stereocenters. The van der Waals surface area contributed by atoms with Crippen molar-refractivity contribution in [3.8, 4) is 0 Å². The van der Waals surface area contributed by atoms with Crippen molar-refractivity contribution in [3.05, 3.63) is 109 Å². The molecule has 6 nitrogen and oxygen atoms in total. The van der Waals surface area contributed by atoms with Crippen LogP contribution in [-0.4, -0.2) is 37.2 Å². The van der Waals surface area contributed by atoms with Crippen molar-refractivity contribution in [2.75, 3.05) is 13.2 Å². The SMILES string of the molecule is CC/C=C\C/C=C\C/C=C\C/C=C\C/C=C\C/C=C\CCCCCCCCC(=O)OCC(COC(=O)CCCCCCC/C=C\CCCCC)OC(=O)CCCCCCC/C=C\C/C=C\CCCCC. The first kappa shape index (κ1) is 66.1. The number of rotatable bonds is 51. The van der Waals surface area contributed by atoms with Crippen molar-refractivity contribution in [1.82, 2.24) is 0 Å². The average Bonchev–Trinajstić information content (AvgIpc) is 3.36. The van der Waals surface area contributed by atoms with Crippen LogP contribution in [-0.2, 0) is 28.6 Å². The van der Waals surface area contributed by atoms with Gasteiger partial charge < -0.3 is 14.2 Å². The number of allylic oxidation sites excluding steroid dienone is 18. The molecule has 0 saturated heterocycles. The van der Waals surface area contributed by atoms with Crippen LogP contribution in [0.1, 0.15) is 258 Å². The van der Waals surface area contributed by atoms with E-state index in [0.29, 0.717) is 19.3 Å². The van der Waals surface area contributed by atoms with Crippen molar-refractivity contribution in [2.45, 2.75) is 264 Å². The van der Waals surface area contributed by atoms with Crippen molar-refractivity contribution < 1.29 is 28.6 Å². The predicted octanol–water partition coefficient (Wildman–Crippen LogP) is 19.5. The van der Waals surface area contributed by atoms with Gasteiger partial charge in [-0.25, -0.2) is 0 Å². The van der Waals surface area contributed by atoms with Crippen LogP contribution in [0.25, 0.3) is 0 Å². The highest BCUT2D eigenvalue weighted by molar-refractivity contribution is 5.71. The molecule has 398 valence electrons. The molecule has 0 aromatic carbocycles. The molecule has 0 N–H and O–H groups in total. The molecule has 0 aliphatic carbocycles. The molecular weight excluding hydrogens is 865 g/mol. The minimum absolute atomic E-state index is 0.0941. The van der Waals surface area contributed by atoms with E-state index in [1.54, 1.807) is 0 Å². The highest BCUT2D eigenvalue weighted by Crippen LogP contribution is 2.14. The Kier molecular flexibility index (Phi) is 54.4. The molecule has 6 heteroatoms. The molecule has 0 spiro atoms. The van der Waals surface area contributed by atoms with E-state index in [1.807, 2.05) is 0 Å². The van der Waals surface area contributed by atoms with Crippen LogP contribution >= 0.6 is 0 Å². The monoisotopic (exact) mass is 971 g/mol. The van der Waals surface area contributed by atoms with Gasteiger partial charge in [-0.2, -0.15) is 0 Å². The van der Waals surface area contributed by atoms with E-state index < -0.39 is 6.10 Å². The van der Waals surface area contributed by atoms with Crippen molar-refractivity contribution in [1.29, 1.82) is 0 Å². The quantitative estimate of drug-likeness (QED) is 0.0262. The van der Waals surface area contributed by atoms with Gasteiger partial charge in [0.1, 0.15) is 13.2 Å². The Bertz CT molecular complexity index is 1440.